The predicted octanol–water partition coefficient (Wildman–Crippen LogP) is 4.68. The van der Waals surface area contributed by atoms with Crippen molar-refractivity contribution < 1.29 is 4.39 Å². The predicted molar refractivity (Wildman–Crippen MR) is 97.6 cm³/mol. The van der Waals surface area contributed by atoms with Crippen molar-refractivity contribution in [2.45, 2.75) is 83.3 Å². The van der Waals surface area contributed by atoms with E-state index in [1.165, 1.54) is 25.8 Å². The van der Waals surface area contributed by atoms with E-state index in [0.717, 1.165) is 44.3 Å². The molecule has 3 heteroatoms. The lowest BCUT2D eigenvalue weighted by Crippen LogP contribution is -2.69. The van der Waals surface area contributed by atoms with Crippen molar-refractivity contribution in [1.29, 1.82) is 0 Å². The molecule has 0 spiro atoms. The molecule has 2 unspecified atom stereocenters. The van der Waals surface area contributed by atoms with Crippen LogP contribution >= 0.6 is 0 Å². The van der Waals surface area contributed by atoms with E-state index in [1.54, 1.807) is 5.57 Å². The van der Waals surface area contributed by atoms with Crippen LogP contribution < -0.4 is 0 Å². The van der Waals surface area contributed by atoms with E-state index in [9.17, 15) is 4.39 Å². The third-order valence-corrected chi connectivity index (χ3v) is 7.84. The Hall–Kier alpha value is -0.670. The van der Waals surface area contributed by atoms with Gasteiger partial charge in [0.15, 0.2) is 0 Å². The van der Waals surface area contributed by atoms with E-state index in [4.69, 9.17) is 0 Å². The molecule has 0 aliphatic carbocycles. The summed E-state index contributed by atoms with van der Waals surface area (Å²) in [6, 6.07) is 0.317. The first-order chi connectivity index (χ1) is 11.4. The number of rotatable bonds is 4. The second-order valence-corrected chi connectivity index (χ2v) is 9.26. The van der Waals surface area contributed by atoms with E-state index in [0.29, 0.717) is 6.04 Å². The first-order valence-electron chi connectivity index (χ1n) is 9.93. The van der Waals surface area contributed by atoms with Gasteiger partial charge in [-0.3, -0.25) is 9.80 Å². The van der Waals surface area contributed by atoms with Crippen molar-refractivity contribution in [2.75, 3.05) is 19.6 Å². The molecular weight excluding hydrogens is 299 g/mol. The zero-order valence-electron chi connectivity index (χ0n) is 15.9. The third kappa shape index (κ3) is 1.89. The Labute approximate surface area is 146 Å². The van der Waals surface area contributed by atoms with Gasteiger partial charge in [0.25, 0.3) is 0 Å². The zero-order valence-corrected chi connectivity index (χ0v) is 15.9. The third-order valence-electron chi connectivity index (χ3n) is 7.84. The van der Waals surface area contributed by atoms with Crippen LogP contribution in [0, 0.1) is 5.41 Å². The molecule has 4 rings (SSSR count). The van der Waals surface area contributed by atoms with E-state index >= 15 is 0 Å². The number of nitrogens with zero attached hydrogens (tertiary/aromatic N) is 2. The standard InChI is InChI=1S/C21H33FN2/c1-5-8-16-15-23-11-7-10-21(16,23)19(2,3)13-18-17(14-22)20(4)9-6-12-24(18)20/h8,14,18H,5-7,9-13,15H2,1-4H3/b16-8+,17-14-/t18?,20-,21?/m1/s1. The summed E-state index contributed by atoms with van der Waals surface area (Å²) in [4.78, 5) is 5.28. The first-order valence-corrected chi connectivity index (χ1v) is 9.93. The summed E-state index contributed by atoms with van der Waals surface area (Å²) in [5.41, 5.74) is 3.17. The SMILES string of the molecule is CC/C=C1\CN2CCCC12C(C)(C)CC1/C(=C/F)[C@@]2(C)CCCN12. The maximum atomic E-state index is 13.7. The fourth-order valence-corrected chi connectivity index (χ4v) is 6.70. The van der Waals surface area contributed by atoms with Crippen LogP contribution in [-0.4, -0.2) is 46.6 Å². The van der Waals surface area contributed by atoms with Crippen molar-refractivity contribution in [3.63, 3.8) is 0 Å². The molecule has 0 aromatic rings. The van der Waals surface area contributed by atoms with E-state index in [1.807, 2.05) is 0 Å². The molecule has 0 amide bonds. The molecule has 0 aromatic carbocycles. The highest BCUT2D eigenvalue weighted by molar-refractivity contribution is 5.40. The van der Waals surface area contributed by atoms with Crippen molar-refractivity contribution in [3.8, 4) is 0 Å². The summed E-state index contributed by atoms with van der Waals surface area (Å²) in [6.45, 7) is 12.9. The van der Waals surface area contributed by atoms with Crippen molar-refractivity contribution in [2.24, 2.45) is 5.41 Å². The lowest BCUT2D eigenvalue weighted by molar-refractivity contribution is -0.0485. The molecule has 4 aliphatic heterocycles. The fourth-order valence-electron chi connectivity index (χ4n) is 6.70. The highest BCUT2D eigenvalue weighted by Gasteiger charge is 2.63. The van der Waals surface area contributed by atoms with Gasteiger partial charge in [-0.1, -0.05) is 26.8 Å². The molecule has 0 aromatic heterocycles. The lowest BCUT2D eigenvalue weighted by Gasteiger charge is -2.63. The molecule has 0 radical (unpaired) electrons. The lowest BCUT2D eigenvalue weighted by atomic mass is 9.57. The minimum Gasteiger partial charge on any atom is -0.289 e. The van der Waals surface area contributed by atoms with Crippen molar-refractivity contribution >= 4 is 0 Å². The van der Waals surface area contributed by atoms with Gasteiger partial charge in [0, 0.05) is 23.7 Å². The van der Waals surface area contributed by atoms with E-state index in [-0.39, 0.29) is 16.5 Å². The van der Waals surface area contributed by atoms with Crippen molar-refractivity contribution in [1.82, 2.24) is 9.80 Å². The maximum absolute atomic E-state index is 13.7. The minimum absolute atomic E-state index is 0.0181. The summed E-state index contributed by atoms with van der Waals surface area (Å²) < 4.78 is 13.7. The highest BCUT2D eigenvalue weighted by Crippen LogP contribution is 2.60. The van der Waals surface area contributed by atoms with Crippen LogP contribution in [0.3, 0.4) is 0 Å². The average Bonchev–Trinajstić information content (AvgIpc) is 3.03. The Morgan fingerprint density at radius 1 is 1.25 bits per heavy atom. The van der Waals surface area contributed by atoms with Crippen LogP contribution in [0.4, 0.5) is 4.39 Å². The van der Waals surface area contributed by atoms with Gasteiger partial charge in [-0.15, -0.1) is 0 Å². The summed E-state index contributed by atoms with van der Waals surface area (Å²) in [5, 5.41) is 0. The van der Waals surface area contributed by atoms with Crippen molar-refractivity contribution in [3.05, 3.63) is 23.6 Å². The average molecular weight is 333 g/mol. The number of hydrogen-bond acceptors (Lipinski definition) is 2. The second kappa shape index (κ2) is 5.41. The summed E-state index contributed by atoms with van der Waals surface area (Å²) in [5.74, 6) is 0. The van der Waals surface area contributed by atoms with Crippen LogP contribution in [0.2, 0.25) is 0 Å². The highest BCUT2D eigenvalue weighted by atomic mass is 19.1. The summed E-state index contributed by atoms with van der Waals surface area (Å²) in [6.07, 6.45) is 10.5. The molecule has 4 heterocycles. The Balaban J connectivity index is 1.61. The molecule has 134 valence electrons. The first kappa shape index (κ1) is 16.8. The van der Waals surface area contributed by atoms with Gasteiger partial charge in [0.2, 0.25) is 0 Å². The smallest absolute Gasteiger partial charge is 0.0893 e. The molecule has 0 saturated carbocycles. The fraction of sp³-hybridized carbons (Fsp3) is 0.810. The van der Waals surface area contributed by atoms with Crippen LogP contribution in [0.5, 0.6) is 0 Å². The van der Waals surface area contributed by atoms with Crippen LogP contribution in [0.25, 0.3) is 0 Å². The number of fused-ring (bicyclic) bond motifs is 2. The Morgan fingerprint density at radius 2 is 2.00 bits per heavy atom. The molecule has 4 fully saturated rings. The molecule has 4 aliphatic rings. The Kier molecular flexibility index (Phi) is 3.78. The molecule has 4 saturated heterocycles. The van der Waals surface area contributed by atoms with Crippen LogP contribution in [0.15, 0.2) is 23.6 Å². The Morgan fingerprint density at radius 3 is 2.67 bits per heavy atom. The molecule has 0 N–H and O–H groups in total. The monoisotopic (exact) mass is 332 g/mol. The molecular formula is C21H33FN2. The largest absolute Gasteiger partial charge is 0.289 e. The van der Waals surface area contributed by atoms with Gasteiger partial charge in [-0.05, 0) is 75.1 Å². The van der Waals surface area contributed by atoms with Crippen LogP contribution in [-0.2, 0) is 0 Å². The zero-order chi connectivity index (χ0) is 17.2. The van der Waals surface area contributed by atoms with Gasteiger partial charge in [0.1, 0.15) is 0 Å². The maximum Gasteiger partial charge on any atom is 0.0893 e. The van der Waals surface area contributed by atoms with Gasteiger partial charge in [-0.2, -0.15) is 0 Å². The molecule has 0 bridgehead atoms. The van der Waals surface area contributed by atoms with Crippen LogP contribution in [0.1, 0.15) is 66.2 Å². The van der Waals surface area contributed by atoms with Gasteiger partial charge < -0.3 is 0 Å². The molecule has 24 heavy (non-hydrogen) atoms. The minimum atomic E-state index is 0.0181. The number of hydrogen-bond donors (Lipinski definition) is 0. The quantitative estimate of drug-likeness (QED) is 0.690. The molecule has 3 atom stereocenters. The molecule has 2 nitrogen and oxygen atoms in total. The summed E-state index contributed by atoms with van der Waals surface area (Å²) in [7, 11) is 0. The van der Waals surface area contributed by atoms with E-state index in [2.05, 4.69) is 43.6 Å². The number of allylic oxidation sites excluding steroid dienone is 1. The topological polar surface area (TPSA) is 6.48 Å². The normalized spacial score (nSPS) is 43.0. The van der Waals surface area contributed by atoms with E-state index < -0.39 is 0 Å². The van der Waals surface area contributed by atoms with Gasteiger partial charge >= 0.3 is 0 Å². The number of halogens is 1. The Bertz CT molecular complexity index is 593. The summed E-state index contributed by atoms with van der Waals surface area (Å²) >= 11 is 0. The second-order valence-electron chi connectivity index (χ2n) is 9.26. The van der Waals surface area contributed by atoms with Gasteiger partial charge in [-0.25, -0.2) is 4.39 Å². The van der Waals surface area contributed by atoms with Gasteiger partial charge in [0.05, 0.1) is 6.33 Å².